The normalized spacial score (nSPS) is 13.8. The number of hydrogen-bond donors (Lipinski definition) is 0. The van der Waals surface area contributed by atoms with Crippen LogP contribution in [0.3, 0.4) is 0 Å². The van der Waals surface area contributed by atoms with E-state index >= 15 is 0 Å². The number of hydrogen-bond acceptors (Lipinski definition) is 6. The fourth-order valence-electron chi connectivity index (χ4n) is 4.30. The van der Waals surface area contributed by atoms with Crippen LogP contribution in [-0.2, 0) is 33.8 Å². The maximum Gasteiger partial charge on any atom is 0.242 e. The lowest BCUT2D eigenvalue weighted by atomic mass is 10.1. The lowest BCUT2D eigenvalue weighted by Gasteiger charge is -2.31. The molecular weight excluding hydrogens is 470 g/mol. The molecule has 4 rings (SSSR count). The van der Waals surface area contributed by atoms with E-state index in [1.54, 1.807) is 23.2 Å². The Morgan fingerprint density at radius 2 is 1.62 bits per heavy atom. The maximum absolute atomic E-state index is 13.6. The second-order valence-corrected chi connectivity index (χ2v) is 9.11. The zero-order chi connectivity index (χ0) is 25.9. The SMILES string of the molecule is COc1ccc(CC(=O)N(CCN2CCOCC2)CC(=O)N(Cc2ccccc2)Cc2ccco2)cc1. The molecule has 0 unspecified atom stereocenters. The summed E-state index contributed by atoms with van der Waals surface area (Å²) in [5.74, 6) is 1.24. The largest absolute Gasteiger partial charge is 0.497 e. The number of methoxy groups -OCH3 is 1. The highest BCUT2D eigenvalue weighted by atomic mass is 16.5. The number of benzene rings is 2. The molecule has 0 aliphatic carbocycles. The van der Waals surface area contributed by atoms with E-state index in [1.807, 2.05) is 66.7 Å². The summed E-state index contributed by atoms with van der Waals surface area (Å²) in [5, 5.41) is 0. The molecule has 3 aromatic rings. The maximum atomic E-state index is 13.6. The van der Waals surface area contributed by atoms with E-state index in [-0.39, 0.29) is 24.8 Å². The van der Waals surface area contributed by atoms with Gasteiger partial charge in [-0.3, -0.25) is 14.5 Å². The predicted octanol–water partition coefficient (Wildman–Crippen LogP) is 3.22. The number of furan rings is 1. The zero-order valence-electron chi connectivity index (χ0n) is 21.4. The highest BCUT2D eigenvalue weighted by Crippen LogP contribution is 2.15. The third-order valence-corrected chi connectivity index (χ3v) is 6.48. The Bertz CT molecular complexity index is 1100. The molecular formula is C29H35N3O5. The molecule has 1 aliphatic heterocycles. The highest BCUT2D eigenvalue weighted by Gasteiger charge is 2.24. The van der Waals surface area contributed by atoms with Gasteiger partial charge in [0.1, 0.15) is 11.5 Å². The number of rotatable bonds is 12. The number of morpholine rings is 1. The number of carbonyl (C=O) groups excluding carboxylic acids is 2. The average molecular weight is 506 g/mol. The van der Waals surface area contributed by atoms with Gasteiger partial charge in [0.15, 0.2) is 0 Å². The zero-order valence-corrected chi connectivity index (χ0v) is 21.4. The minimum atomic E-state index is -0.120. The van der Waals surface area contributed by atoms with Gasteiger partial charge in [0.2, 0.25) is 11.8 Å². The lowest BCUT2D eigenvalue weighted by Crippen LogP contribution is -2.47. The van der Waals surface area contributed by atoms with Crippen molar-refractivity contribution in [2.45, 2.75) is 19.5 Å². The fraction of sp³-hybridized carbons (Fsp3) is 0.379. The molecule has 1 fully saturated rings. The van der Waals surface area contributed by atoms with Crippen LogP contribution in [0, 0.1) is 0 Å². The van der Waals surface area contributed by atoms with Crippen molar-refractivity contribution in [2.75, 3.05) is 53.0 Å². The topological polar surface area (TPSA) is 75.5 Å². The summed E-state index contributed by atoms with van der Waals surface area (Å²) < 4.78 is 16.2. The minimum Gasteiger partial charge on any atom is -0.497 e. The van der Waals surface area contributed by atoms with E-state index in [9.17, 15) is 9.59 Å². The van der Waals surface area contributed by atoms with Crippen molar-refractivity contribution in [1.29, 1.82) is 0 Å². The third kappa shape index (κ3) is 8.20. The van der Waals surface area contributed by atoms with Crippen LogP contribution in [0.5, 0.6) is 5.75 Å². The van der Waals surface area contributed by atoms with Crippen molar-refractivity contribution in [1.82, 2.24) is 14.7 Å². The average Bonchev–Trinajstić information content (AvgIpc) is 3.45. The molecule has 37 heavy (non-hydrogen) atoms. The molecule has 1 saturated heterocycles. The molecule has 2 heterocycles. The van der Waals surface area contributed by atoms with E-state index in [0.717, 1.165) is 30.0 Å². The van der Waals surface area contributed by atoms with Gasteiger partial charge < -0.3 is 23.7 Å². The number of amides is 2. The van der Waals surface area contributed by atoms with Gasteiger partial charge in [-0.25, -0.2) is 0 Å². The summed E-state index contributed by atoms with van der Waals surface area (Å²) in [4.78, 5) is 32.8. The third-order valence-electron chi connectivity index (χ3n) is 6.48. The molecule has 1 aliphatic rings. The van der Waals surface area contributed by atoms with Crippen molar-refractivity contribution in [3.8, 4) is 5.75 Å². The standard InChI is InChI=1S/C29H35N3O5/c1-35-26-11-9-24(10-12-26)20-28(33)31(14-13-30-15-18-36-19-16-30)23-29(34)32(22-27-8-5-17-37-27)21-25-6-3-2-4-7-25/h2-12,17H,13-16,18-23H2,1H3. The first-order valence-electron chi connectivity index (χ1n) is 12.7. The van der Waals surface area contributed by atoms with Gasteiger partial charge >= 0.3 is 0 Å². The van der Waals surface area contributed by atoms with Crippen LogP contribution >= 0.6 is 0 Å². The highest BCUT2D eigenvalue weighted by molar-refractivity contribution is 5.86. The van der Waals surface area contributed by atoms with Crippen molar-refractivity contribution in [2.24, 2.45) is 0 Å². The van der Waals surface area contributed by atoms with E-state index in [2.05, 4.69) is 4.90 Å². The Balaban J connectivity index is 1.47. The van der Waals surface area contributed by atoms with Crippen LogP contribution in [0.15, 0.2) is 77.4 Å². The Morgan fingerprint density at radius 1 is 0.865 bits per heavy atom. The second-order valence-electron chi connectivity index (χ2n) is 9.11. The van der Waals surface area contributed by atoms with Gasteiger partial charge in [-0.2, -0.15) is 0 Å². The van der Waals surface area contributed by atoms with E-state index in [1.165, 1.54) is 0 Å². The molecule has 0 atom stereocenters. The molecule has 0 spiro atoms. The summed E-state index contributed by atoms with van der Waals surface area (Å²) in [6, 6.07) is 21.0. The van der Waals surface area contributed by atoms with Gasteiger partial charge in [0.05, 0.1) is 46.1 Å². The van der Waals surface area contributed by atoms with Crippen LogP contribution < -0.4 is 4.74 Å². The lowest BCUT2D eigenvalue weighted by molar-refractivity contribution is -0.141. The number of ether oxygens (including phenoxy) is 2. The van der Waals surface area contributed by atoms with Crippen LogP contribution in [-0.4, -0.2) is 79.6 Å². The summed E-state index contributed by atoms with van der Waals surface area (Å²) in [7, 11) is 1.61. The summed E-state index contributed by atoms with van der Waals surface area (Å²) in [6.45, 7) is 4.98. The van der Waals surface area contributed by atoms with Gasteiger partial charge in [0, 0.05) is 32.7 Å². The summed E-state index contributed by atoms with van der Waals surface area (Å²) in [5.41, 5.74) is 1.90. The van der Waals surface area contributed by atoms with Crippen molar-refractivity contribution < 1.29 is 23.5 Å². The predicted molar refractivity (Wildman–Crippen MR) is 140 cm³/mol. The molecule has 1 aromatic heterocycles. The first-order chi connectivity index (χ1) is 18.1. The molecule has 196 valence electrons. The molecule has 8 heteroatoms. The van der Waals surface area contributed by atoms with Crippen LogP contribution in [0.25, 0.3) is 0 Å². The summed E-state index contributed by atoms with van der Waals surface area (Å²) in [6.07, 6.45) is 1.82. The Morgan fingerprint density at radius 3 is 2.30 bits per heavy atom. The first kappa shape index (κ1) is 26.4. The van der Waals surface area contributed by atoms with Crippen LogP contribution in [0.1, 0.15) is 16.9 Å². The Hall–Kier alpha value is -3.62. The Kier molecular flexibility index (Phi) is 9.74. The molecule has 0 bridgehead atoms. The fourth-order valence-corrected chi connectivity index (χ4v) is 4.30. The molecule has 2 amide bonds. The quantitative estimate of drug-likeness (QED) is 0.376. The first-order valence-corrected chi connectivity index (χ1v) is 12.7. The number of carbonyl (C=O) groups is 2. The van der Waals surface area contributed by atoms with Crippen molar-refractivity contribution in [3.05, 3.63) is 89.9 Å². The molecule has 2 aromatic carbocycles. The van der Waals surface area contributed by atoms with Crippen LogP contribution in [0.4, 0.5) is 0 Å². The van der Waals surface area contributed by atoms with Gasteiger partial charge in [-0.05, 0) is 35.4 Å². The van der Waals surface area contributed by atoms with Crippen molar-refractivity contribution >= 4 is 11.8 Å². The van der Waals surface area contributed by atoms with Gasteiger partial charge in [0.25, 0.3) is 0 Å². The van der Waals surface area contributed by atoms with E-state index in [4.69, 9.17) is 13.9 Å². The molecule has 0 N–H and O–H groups in total. The smallest absolute Gasteiger partial charge is 0.242 e. The minimum absolute atomic E-state index is 0.00682. The van der Waals surface area contributed by atoms with Crippen molar-refractivity contribution in [3.63, 3.8) is 0 Å². The van der Waals surface area contributed by atoms with Gasteiger partial charge in [-0.15, -0.1) is 0 Å². The second kappa shape index (κ2) is 13.6. The monoisotopic (exact) mass is 505 g/mol. The van der Waals surface area contributed by atoms with E-state index in [0.29, 0.717) is 45.2 Å². The molecule has 8 nitrogen and oxygen atoms in total. The summed E-state index contributed by atoms with van der Waals surface area (Å²) >= 11 is 0. The van der Waals surface area contributed by atoms with Crippen LogP contribution in [0.2, 0.25) is 0 Å². The Labute approximate surface area is 218 Å². The number of nitrogens with zero attached hydrogens (tertiary/aromatic N) is 3. The van der Waals surface area contributed by atoms with E-state index < -0.39 is 0 Å². The van der Waals surface area contributed by atoms with Gasteiger partial charge in [-0.1, -0.05) is 42.5 Å². The molecule has 0 saturated carbocycles. The molecule has 0 radical (unpaired) electrons.